The maximum atomic E-state index is 12.8. The van der Waals surface area contributed by atoms with Crippen LogP contribution in [0.5, 0.6) is 5.75 Å². The van der Waals surface area contributed by atoms with E-state index in [9.17, 15) is 4.79 Å². The number of carbonyl (C=O) groups excluding carboxylic acids is 1. The normalized spacial score (nSPS) is 18.0. The van der Waals surface area contributed by atoms with E-state index < -0.39 is 13.9 Å². The number of pyridine rings is 1. The van der Waals surface area contributed by atoms with Crippen LogP contribution >= 0.6 is 22.9 Å². The SMILES string of the molecule is CC(C)(C)OC(=O)N1CCC(N2CCOc3cc(Cl)cc(-c4ccnc5cc(CO[Si](C)(C)C(C)(C)C)sc45)c32)C1. The predicted molar refractivity (Wildman–Crippen MR) is 171 cm³/mol. The highest BCUT2D eigenvalue weighted by molar-refractivity contribution is 7.19. The molecule has 10 heteroatoms. The molecule has 0 bridgehead atoms. The first-order chi connectivity index (χ1) is 19.1. The number of hydrogen-bond acceptors (Lipinski definition) is 7. The Morgan fingerprint density at radius 3 is 2.61 bits per heavy atom. The van der Waals surface area contributed by atoms with E-state index in [4.69, 9.17) is 30.5 Å². The van der Waals surface area contributed by atoms with Gasteiger partial charge >= 0.3 is 6.09 Å². The zero-order chi connectivity index (χ0) is 29.7. The predicted octanol–water partition coefficient (Wildman–Crippen LogP) is 8.35. The van der Waals surface area contributed by atoms with Crippen molar-refractivity contribution in [2.75, 3.05) is 31.1 Å². The fourth-order valence-electron chi connectivity index (χ4n) is 5.14. The van der Waals surface area contributed by atoms with Crippen molar-refractivity contribution in [2.45, 2.75) is 84.3 Å². The summed E-state index contributed by atoms with van der Waals surface area (Å²) in [5.41, 5.74) is 3.56. The number of anilines is 1. The second-order valence-electron chi connectivity index (χ2n) is 13.5. The van der Waals surface area contributed by atoms with Gasteiger partial charge in [-0.25, -0.2) is 4.79 Å². The summed E-state index contributed by atoms with van der Waals surface area (Å²) in [7, 11) is -1.88. The second-order valence-corrected chi connectivity index (χ2v) is 19.9. The Kier molecular flexibility index (Phi) is 8.13. The lowest BCUT2D eigenvalue weighted by molar-refractivity contribution is 0.0292. The van der Waals surface area contributed by atoms with Crippen molar-refractivity contribution < 1.29 is 18.7 Å². The number of nitrogens with zero attached hydrogens (tertiary/aromatic N) is 3. The van der Waals surface area contributed by atoms with E-state index in [0.29, 0.717) is 31.3 Å². The minimum Gasteiger partial charge on any atom is -0.489 e. The molecule has 1 fully saturated rings. The Morgan fingerprint density at radius 2 is 1.90 bits per heavy atom. The van der Waals surface area contributed by atoms with Crippen LogP contribution in [-0.2, 0) is 15.8 Å². The monoisotopic (exact) mass is 615 g/mol. The fourth-order valence-corrected chi connectivity index (χ4v) is 7.46. The Morgan fingerprint density at radius 1 is 1.15 bits per heavy atom. The molecule has 41 heavy (non-hydrogen) atoms. The van der Waals surface area contributed by atoms with Gasteiger partial charge in [0, 0.05) is 52.4 Å². The summed E-state index contributed by atoms with van der Waals surface area (Å²) in [6.07, 6.45) is 2.47. The molecule has 1 saturated heterocycles. The van der Waals surface area contributed by atoms with E-state index in [1.807, 2.05) is 44.0 Å². The molecule has 1 unspecified atom stereocenters. The Balaban J connectivity index is 1.48. The van der Waals surface area contributed by atoms with E-state index >= 15 is 0 Å². The van der Waals surface area contributed by atoms with Gasteiger partial charge in [0.25, 0.3) is 0 Å². The summed E-state index contributed by atoms with van der Waals surface area (Å²) in [5.74, 6) is 0.775. The number of ether oxygens (including phenoxy) is 2. The molecule has 222 valence electrons. The molecule has 0 radical (unpaired) electrons. The van der Waals surface area contributed by atoms with Crippen LogP contribution in [0.4, 0.5) is 10.5 Å². The van der Waals surface area contributed by atoms with Gasteiger partial charge in [-0.15, -0.1) is 11.3 Å². The van der Waals surface area contributed by atoms with Gasteiger partial charge < -0.3 is 23.7 Å². The molecule has 2 aliphatic heterocycles. The number of amides is 1. The number of carbonyl (C=O) groups is 1. The highest BCUT2D eigenvalue weighted by atomic mass is 35.5. The van der Waals surface area contributed by atoms with Crippen LogP contribution in [-0.4, -0.2) is 62.2 Å². The van der Waals surface area contributed by atoms with Gasteiger partial charge in [0.15, 0.2) is 8.32 Å². The molecule has 2 aliphatic rings. The van der Waals surface area contributed by atoms with Gasteiger partial charge in [-0.1, -0.05) is 32.4 Å². The molecule has 2 aromatic heterocycles. The smallest absolute Gasteiger partial charge is 0.410 e. The van der Waals surface area contributed by atoms with Crippen LogP contribution in [0, 0.1) is 0 Å². The summed E-state index contributed by atoms with van der Waals surface area (Å²) < 4.78 is 19.5. The number of rotatable bonds is 5. The quantitative estimate of drug-likeness (QED) is 0.269. The number of hydrogen-bond donors (Lipinski definition) is 0. The van der Waals surface area contributed by atoms with Crippen LogP contribution in [0.3, 0.4) is 0 Å². The molecule has 3 aromatic rings. The Hall–Kier alpha value is -2.33. The summed E-state index contributed by atoms with van der Waals surface area (Å²) in [4.78, 5) is 22.9. The molecule has 4 heterocycles. The highest BCUT2D eigenvalue weighted by Crippen LogP contribution is 2.47. The van der Waals surface area contributed by atoms with Crippen molar-refractivity contribution in [3.8, 4) is 16.9 Å². The lowest BCUT2D eigenvalue weighted by atomic mass is 10.00. The molecule has 0 N–H and O–H groups in total. The number of halogens is 1. The van der Waals surface area contributed by atoms with E-state index in [1.165, 1.54) is 0 Å². The van der Waals surface area contributed by atoms with Crippen molar-refractivity contribution in [3.63, 3.8) is 0 Å². The van der Waals surface area contributed by atoms with Gasteiger partial charge in [0.2, 0.25) is 0 Å². The number of aromatic nitrogens is 1. The average Bonchev–Trinajstić information content (AvgIpc) is 3.52. The third kappa shape index (κ3) is 6.38. The standard InChI is InChI=1S/C31H42ClN3O4SSi/c1-30(2,3)39-29(36)34-12-10-21(18-34)35-13-14-37-26-16-20(32)15-24(27(26)35)23-9-11-33-25-17-22(40-28(23)25)19-38-41(7,8)31(4,5)6/h9,11,15-17,21H,10,12-14,18-19H2,1-8H3. The van der Waals surface area contributed by atoms with Crippen molar-refractivity contribution in [1.29, 1.82) is 0 Å². The van der Waals surface area contributed by atoms with Crippen molar-refractivity contribution >= 4 is 53.3 Å². The Labute approximate surface area is 253 Å². The van der Waals surface area contributed by atoms with Crippen molar-refractivity contribution in [2.24, 2.45) is 0 Å². The minimum atomic E-state index is -1.88. The van der Waals surface area contributed by atoms with Crippen LogP contribution < -0.4 is 9.64 Å². The molecule has 5 rings (SSSR count). The third-order valence-electron chi connectivity index (χ3n) is 8.31. The van der Waals surface area contributed by atoms with Gasteiger partial charge in [-0.05, 0) is 63.5 Å². The topological polar surface area (TPSA) is 64.1 Å². The molecule has 0 aliphatic carbocycles. The molecule has 0 saturated carbocycles. The minimum absolute atomic E-state index is 0.149. The van der Waals surface area contributed by atoms with E-state index in [1.54, 1.807) is 11.3 Å². The first-order valence-electron chi connectivity index (χ1n) is 14.4. The molecule has 1 aromatic carbocycles. The van der Waals surface area contributed by atoms with Gasteiger partial charge in [-0.3, -0.25) is 4.98 Å². The summed E-state index contributed by atoms with van der Waals surface area (Å²) >= 11 is 8.40. The fraction of sp³-hybridized carbons (Fsp3) is 0.548. The zero-order valence-electron chi connectivity index (χ0n) is 25.5. The van der Waals surface area contributed by atoms with Crippen molar-refractivity contribution in [1.82, 2.24) is 9.88 Å². The maximum Gasteiger partial charge on any atom is 0.410 e. The number of fused-ring (bicyclic) bond motifs is 2. The summed E-state index contributed by atoms with van der Waals surface area (Å²) in [5, 5.41) is 0.779. The van der Waals surface area contributed by atoms with Gasteiger partial charge in [-0.2, -0.15) is 0 Å². The van der Waals surface area contributed by atoms with Crippen LogP contribution in [0.1, 0.15) is 52.8 Å². The van der Waals surface area contributed by atoms with Gasteiger partial charge in [0.05, 0.1) is 29.1 Å². The number of thiophene rings is 1. The van der Waals surface area contributed by atoms with E-state index in [-0.39, 0.29) is 17.2 Å². The lowest BCUT2D eigenvalue weighted by Gasteiger charge is -2.37. The molecule has 0 spiro atoms. The first-order valence-corrected chi connectivity index (χ1v) is 18.5. The van der Waals surface area contributed by atoms with E-state index in [2.05, 4.69) is 50.9 Å². The lowest BCUT2D eigenvalue weighted by Crippen LogP contribution is -2.44. The average molecular weight is 616 g/mol. The molecular formula is C31H42ClN3O4SSi. The molecular weight excluding hydrogens is 574 g/mol. The summed E-state index contributed by atoms with van der Waals surface area (Å²) in [6, 6.07) is 8.30. The first kappa shape index (κ1) is 30.1. The maximum absolute atomic E-state index is 12.8. The van der Waals surface area contributed by atoms with Crippen molar-refractivity contribution in [3.05, 3.63) is 40.4 Å². The number of likely N-dealkylation sites (tertiary alicyclic amines) is 1. The van der Waals surface area contributed by atoms with Crippen LogP contribution in [0.25, 0.3) is 21.3 Å². The highest BCUT2D eigenvalue weighted by Gasteiger charge is 2.38. The second kappa shape index (κ2) is 11.1. The molecule has 1 atom stereocenters. The third-order valence-corrected chi connectivity index (χ3v) is 14.1. The van der Waals surface area contributed by atoms with Gasteiger partial charge in [0.1, 0.15) is 18.0 Å². The largest absolute Gasteiger partial charge is 0.489 e. The number of benzene rings is 1. The Bertz CT molecular complexity index is 1450. The van der Waals surface area contributed by atoms with E-state index in [0.717, 1.165) is 50.6 Å². The molecule has 7 nitrogen and oxygen atoms in total. The molecule has 1 amide bonds. The van der Waals surface area contributed by atoms with Crippen LogP contribution in [0.15, 0.2) is 30.5 Å². The van der Waals surface area contributed by atoms with Crippen LogP contribution in [0.2, 0.25) is 23.2 Å². The zero-order valence-corrected chi connectivity index (χ0v) is 28.0. The summed E-state index contributed by atoms with van der Waals surface area (Å²) in [6.45, 7) is 20.2.